The van der Waals surface area contributed by atoms with Crippen molar-refractivity contribution in [3.05, 3.63) is 28.3 Å². The van der Waals surface area contributed by atoms with E-state index in [1.54, 1.807) is 0 Å². The number of nitro groups is 1. The number of nitro benzene ring substituents is 1. The first kappa shape index (κ1) is 19.6. The van der Waals surface area contributed by atoms with Crippen LogP contribution in [-0.2, 0) is 10.0 Å². The average molecular weight is 371 g/mol. The molecule has 1 aromatic rings. The molecule has 0 heterocycles. The van der Waals surface area contributed by atoms with Gasteiger partial charge in [0, 0.05) is 25.3 Å². The lowest BCUT2D eigenvalue weighted by atomic mass is 9.88. The van der Waals surface area contributed by atoms with E-state index in [0.29, 0.717) is 18.9 Å². The van der Waals surface area contributed by atoms with Crippen LogP contribution in [0.15, 0.2) is 23.1 Å². The Kier molecular flexibility index (Phi) is 6.74. The quantitative estimate of drug-likeness (QED) is 0.366. The van der Waals surface area contributed by atoms with Crippen LogP contribution in [0.25, 0.3) is 0 Å². The highest BCUT2D eigenvalue weighted by Gasteiger charge is 2.26. The lowest BCUT2D eigenvalue weighted by molar-refractivity contribution is -0.384. The smallest absolute Gasteiger partial charge is 0.293 e. The molecule has 0 unspecified atom stereocenters. The molecule has 0 amide bonds. The second-order valence-corrected chi connectivity index (χ2v) is 8.23. The van der Waals surface area contributed by atoms with Gasteiger partial charge in [0.1, 0.15) is 5.69 Å². The van der Waals surface area contributed by atoms with E-state index in [-0.39, 0.29) is 28.9 Å². The Labute approximate surface area is 147 Å². The van der Waals surface area contributed by atoms with Gasteiger partial charge in [-0.1, -0.05) is 6.92 Å². The summed E-state index contributed by atoms with van der Waals surface area (Å²) in [4.78, 5) is 10.5. The van der Waals surface area contributed by atoms with Crippen molar-refractivity contribution in [2.75, 3.05) is 18.5 Å². The molecule has 3 N–H and O–H groups in total. The number of sulfonamides is 1. The third-order valence-electron chi connectivity index (χ3n) is 4.46. The molecular weight excluding hydrogens is 346 g/mol. The van der Waals surface area contributed by atoms with Gasteiger partial charge in [0.25, 0.3) is 5.69 Å². The SMILES string of the molecule is CC1CCC(NS(=O)(=O)c2ccc(NCCCO)c([N+](=O)[O-])c2)CC1. The Morgan fingerprint density at radius 1 is 1.28 bits per heavy atom. The van der Waals surface area contributed by atoms with Gasteiger partial charge in [-0.2, -0.15) is 0 Å². The van der Waals surface area contributed by atoms with Crippen molar-refractivity contribution in [2.24, 2.45) is 5.92 Å². The fourth-order valence-corrected chi connectivity index (χ4v) is 4.27. The third kappa shape index (κ3) is 5.38. The summed E-state index contributed by atoms with van der Waals surface area (Å²) in [7, 11) is -3.80. The number of nitrogens with zero attached hydrogens (tertiary/aromatic N) is 1. The maximum atomic E-state index is 12.5. The second-order valence-electron chi connectivity index (χ2n) is 6.52. The summed E-state index contributed by atoms with van der Waals surface area (Å²) in [6.45, 7) is 2.48. The number of hydrogen-bond acceptors (Lipinski definition) is 6. The third-order valence-corrected chi connectivity index (χ3v) is 5.98. The maximum Gasteiger partial charge on any atom is 0.293 e. The molecule has 8 nitrogen and oxygen atoms in total. The van der Waals surface area contributed by atoms with E-state index in [9.17, 15) is 18.5 Å². The van der Waals surface area contributed by atoms with Gasteiger partial charge >= 0.3 is 0 Å². The first-order chi connectivity index (χ1) is 11.8. The largest absolute Gasteiger partial charge is 0.396 e. The average Bonchev–Trinajstić information content (AvgIpc) is 2.57. The molecular formula is C16H25N3O5S. The number of rotatable bonds is 8. The monoisotopic (exact) mass is 371 g/mol. The van der Waals surface area contributed by atoms with Crippen molar-refractivity contribution in [3.8, 4) is 0 Å². The predicted octanol–water partition coefficient (Wildman–Crippen LogP) is 2.25. The summed E-state index contributed by atoms with van der Waals surface area (Å²) in [5.41, 5.74) is -0.0537. The molecule has 0 bridgehead atoms. The van der Waals surface area contributed by atoms with Crippen LogP contribution in [0.1, 0.15) is 39.0 Å². The number of nitrogens with one attached hydrogen (secondary N) is 2. The van der Waals surface area contributed by atoms with Gasteiger partial charge in [-0.15, -0.1) is 0 Å². The summed E-state index contributed by atoms with van der Waals surface area (Å²) in [6.07, 6.45) is 3.95. The van der Waals surface area contributed by atoms with Crippen LogP contribution in [-0.4, -0.2) is 37.6 Å². The summed E-state index contributed by atoms with van der Waals surface area (Å²) in [5, 5.41) is 22.9. The van der Waals surface area contributed by atoms with Crippen LogP contribution < -0.4 is 10.0 Å². The van der Waals surface area contributed by atoms with Gasteiger partial charge in [0.2, 0.25) is 10.0 Å². The number of aliphatic hydroxyl groups is 1. The van der Waals surface area contributed by atoms with Crippen molar-refractivity contribution in [1.29, 1.82) is 0 Å². The van der Waals surface area contributed by atoms with Crippen LogP contribution in [0, 0.1) is 16.0 Å². The molecule has 1 saturated carbocycles. The van der Waals surface area contributed by atoms with Crippen molar-refractivity contribution < 1.29 is 18.4 Å². The van der Waals surface area contributed by atoms with Gasteiger partial charge in [0.15, 0.2) is 0 Å². The van der Waals surface area contributed by atoms with Gasteiger partial charge in [-0.25, -0.2) is 13.1 Å². The van der Waals surface area contributed by atoms with E-state index in [0.717, 1.165) is 31.7 Å². The molecule has 0 spiro atoms. The van der Waals surface area contributed by atoms with Crippen LogP contribution in [0.3, 0.4) is 0 Å². The highest BCUT2D eigenvalue weighted by Crippen LogP contribution is 2.29. The van der Waals surface area contributed by atoms with Crippen molar-refractivity contribution in [1.82, 2.24) is 4.72 Å². The minimum absolute atomic E-state index is 0.0306. The van der Waals surface area contributed by atoms with Crippen LogP contribution in [0.2, 0.25) is 0 Å². The number of benzene rings is 1. The normalized spacial score (nSPS) is 21.0. The maximum absolute atomic E-state index is 12.5. The molecule has 0 aliphatic heterocycles. The van der Waals surface area contributed by atoms with E-state index in [1.165, 1.54) is 12.1 Å². The Hall–Kier alpha value is -1.71. The Morgan fingerprint density at radius 3 is 2.56 bits per heavy atom. The predicted molar refractivity (Wildman–Crippen MR) is 95.0 cm³/mol. The van der Waals surface area contributed by atoms with E-state index in [2.05, 4.69) is 17.0 Å². The van der Waals surface area contributed by atoms with Crippen molar-refractivity contribution in [3.63, 3.8) is 0 Å². The molecule has 1 fully saturated rings. The zero-order valence-corrected chi connectivity index (χ0v) is 15.1. The highest BCUT2D eigenvalue weighted by molar-refractivity contribution is 7.89. The number of hydrogen-bond donors (Lipinski definition) is 3. The Morgan fingerprint density at radius 2 is 1.96 bits per heavy atom. The summed E-state index contributed by atoms with van der Waals surface area (Å²) < 4.78 is 27.7. The van der Waals surface area contributed by atoms with Crippen molar-refractivity contribution in [2.45, 2.75) is 50.0 Å². The second kappa shape index (κ2) is 8.59. The molecule has 0 radical (unpaired) electrons. The number of aliphatic hydroxyl groups excluding tert-OH is 1. The first-order valence-electron chi connectivity index (χ1n) is 8.49. The standard InChI is InChI=1S/C16H25N3O5S/c1-12-3-5-13(6-4-12)18-25(23,24)14-7-8-15(17-9-2-10-20)16(11-14)19(21)22/h7-8,11-13,17-18,20H,2-6,9-10H2,1H3. The van der Waals surface area contributed by atoms with E-state index < -0.39 is 14.9 Å². The van der Waals surface area contributed by atoms with E-state index in [1.807, 2.05) is 0 Å². The Balaban J connectivity index is 2.16. The molecule has 1 aliphatic carbocycles. The first-order valence-corrected chi connectivity index (χ1v) is 9.97. The van der Waals surface area contributed by atoms with Gasteiger partial charge in [-0.3, -0.25) is 10.1 Å². The van der Waals surface area contributed by atoms with Gasteiger partial charge in [0.05, 0.1) is 9.82 Å². The molecule has 0 atom stereocenters. The number of anilines is 1. The zero-order chi connectivity index (χ0) is 18.4. The van der Waals surface area contributed by atoms with Crippen LogP contribution in [0.5, 0.6) is 0 Å². The van der Waals surface area contributed by atoms with Gasteiger partial charge < -0.3 is 10.4 Å². The topological polar surface area (TPSA) is 122 Å². The minimum Gasteiger partial charge on any atom is -0.396 e. The molecule has 0 saturated heterocycles. The van der Waals surface area contributed by atoms with Crippen LogP contribution >= 0.6 is 0 Å². The summed E-state index contributed by atoms with van der Waals surface area (Å²) >= 11 is 0. The minimum atomic E-state index is -3.80. The highest BCUT2D eigenvalue weighted by atomic mass is 32.2. The molecule has 25 heavy (non-hydrogen) atoms. The molecule has 1 aliphatic rings. The molecule has 0 aromatic heterocycles. The Bertz CT molecular complexity index is 700. The summed E-state index contributed by atoms with van der Waals surface area (Å²) in [5.74, 6) is 0.603. The zero-order valence-electron chi connectivity index (χ0n) is 14.3. The molecule has 1 aromatic carbocycles. The fourth-order valence-electron chi connectivity index (χ4n) is 2.95. The lowest BCUT2D eigenvalue weighted by Gasteiger charge is -2.26. The molecule has 9 heteroatoms. The molecule has 2 rings (SSSR count). The van der Waals surface area contributed by atoms with Crippen LogP contribution in [0.4, 0.5) is 11.4 Å². The van der Waals surface area contributed by atoms with Gasteiger partial charge in [-0.05, 0) is 50.2 Å². The fraction of sp³-hybridized carbons (Fsp3) is 0.625. The molecule has 140 valence electrons. The lowest BCUT2D eigenvalue weighted by Crippen LogP contribution is -2.37. The van der Waals surface area contributed by atoms with Crippen molar-refractivity contribution >= 4 is 21.4 Å². The van der Waals surface area contributed by atoms with E-state index in [4.69, 9.17) is 5.11 Å². The van der Waals surface area contributed by atoms with E-state index >= 15 is 0 Å². The summed E-state index contributed by atoms with van der Waals surface area (Å²) in [6, 6.07) is 3.71.